The van der Waals surface area contributed by atoms with Gasteiger partial charge in [-0.3, -0.25) is 4.79 Å². The van der Waals surface area contributed by atoms with Gasteiger partial charge in [0.25, 0.3) is 0 Å². The van der Waals surface area contributed by atoms with Gasteiger partial charge in [0.1, 0.15) is 5.82 Å². The highest BCUT2D eigenvalue weighted by Gasteiger charge is 2.02. The molecule has 0 aliphatic carbocycles. The number of amides is 1. The third-order valence-corrected chi connectivity index (χ3v) is 3.26. The summed E-state index contributed by atoms with van der Waals surface area (Å²) in [5, 5.41) is 3.16. The monoisotopic (exact) mass is 322 g/mol. The van der Waals surface area contributed by atoms with Gasteiger partial charge in [0.15, 0.2) is 0 Å². The first-order valence-corrected chi connectivity index (χ1v) is 6.43. The summed E-state index contributed by atoms with van der Waals surface area (Å²) in [6, 6.07) is 11.7. The summed E-state index contributed by atoms with van der Waals surface area (Å²) in [5.74, 6) is -0.738. The second kappa shape index (κ2) is 5.84. The second-order valence-electron chi connectivity index (χ2n) is 4.04. The Balaban J connectivity index is 2.01. The summed E-state index contributed by atoms with van der Waals surface area (Å²) in [6.07, 6.45) is 0. The van der Waals surface area contributed by atoms with Crippen LogP contribution in [-0.4, -0.2) is 5.91 Å². The van der Waals surface area contributed by atoms with E-state index in [-0.39, 0.29) is 5.82 Å². The van der Waals surface area contributed by atoms with Crippen LogP contribution in [0.5, 0.6) is 0 Å². The molecule has 0 aromatic heterocycles. The summed E-state index contributed by atoms with van der Waals surface area (Å²) in [5.41, 5.74) is 7.46. The maximum absolute atomic E-state index is 13.1. The molecule has 2 aromatic rings. The molecule has 0 heterocycles. The summed E-state index contributed by atoms with van der Waals surface area (Å²) >= 11 is 3.13. The molecule has 98 valence electrons. The van der Waals surface area contributed by atoms with Gasteiger partial charge in [0, 0.05) is 17.8 Å². The van der Waals surface area contributed by atoms with E-state index in [1.54, 1.807) is 24.3 Å². The van der Waals surface area contributed by atoms with Gasteiger partial charge in [-0.1, -0.05) is 12.1 Å². The Bertz CT molecular complexity index is 599. The van der Waals surface area contributed by atoms with Gasteiger partial charge in [0.2, 0.25) is 5.91 Å². The summed E-state index contributed by atoms with van der Waals surface area (Å²) in [7, 11) is 0. The van der Waals surface area contributed by atoms with Gasteiger partial charge in [0.05, 0.1) is 4.47 Å². The van der Waals surface area contributed by atoms with Crippen LogP contribution in [-0.2, 0) is 6.54 Å². The van der Waals surface area contributed by atoms with E-state index in [0.717, 1.165) is 11.3 Å². The largest absolute Gasteiger partial charge is 0.381 e. The molecule has 3 N–H and O–H groups in total. The number of hydrogen-bond donors (Lipinski definition) is 2. The SMILES string of the molecule is NC(=O)c1ccc(CNc2ccc(F)c(Br)c2)cc1. The average molecular weight is 323 g/mol. The van der Waals surface area contributed by atoms with Crippen LogP contribution in [0.15, 0.2) is 46.9 Å². The Morgan fingerprint density at radius 1 is 1.21 bits per heavy atom. The van der Waals surface area contributed by atoms with E-state index in [0.29, 0.717) is 16.6 Å². The first-order valence-electron chi connectivity index (χ1n) is 5.64. The van der Waals surface area contributed by atoms with Crippen molar-refractivity contribution >= 4 is 27.5 Å². The molecule has 0 radical (unpaired) electrons. The molecular formula is C14H12BrFN2O. The van der Waals surface area contributed by atoms with E-state index >= 15 is 0 Å². The minimum absolute atomic E-state index is 0.295. The Kier molecular flexibility index (Phi) is 4.16. The first-order chi connectivity index (χ1) is 9.06. The molecule has 0 spiro atoms. The van der Waals surface area contributed by atoms with Crippen molar-refractivity contribution in [1.29, 1.82) is 0 Å². The molecule has 19 heavy (non-hydrogen) atoms. The molecule has 0 saturated heterocycles. The van der Waals surface area contributed by atoms with E-state index < -0.39 is 5.91 Å². The fourth-order valence-electron chi connectivity index (χ4n) is 1.60. The van der Waals surface area contributed by atoms with Crippen LogP contribution in [0.4, 0.5) is 10.1 Å². The molecule has 1 amide bonds. The van der Waals surface area contributed by atoms with Crippen molar-refractivity contribution in [2.75, 3.05) is 5.32 Å². The maximum Gasteiger partial charge on any atom is 0.248 e. The van der Waals surface area contributed by atoms with Crippen LogP contribution in [0.1, 0.15) is 15.9 Å². The third kappa shape index (κ3) is 3.54. The third-order valence-electron chi connectivity index (χ3n) is 2.65. The van der Waals surface area contributed by atoms with Crippen molar-refractivity contribution in [3.63, 3.8) is 0 Å². The first kappa shape index (κ1) is 13.5. The zero-order valence-corrected chi connectivity index (χ0v) is 11.6. The molecule has 0 unspecified atom stereocenters. The minimum atomic E-state index is -0.443. The molecule has 0 atom stereocenters. The minimum Gasteiger partial charge on any atom is -0.381 e. The standard InChI is InChI=1S/C14H12BrFN2O/c15-12-7-11(5-6-13(12)16)18-8-9-1-3-10(4-2-9)14(17)19/h1-7,18H,8H2,(H2,17,19). The molecule has 2 rings (SSSR count). The Hall–Kier alpha value is -1.88. The molecule has 0 aliphatic rings. The molecule has 5 heteroatoms. The smallest absolute Gasteiger partial charge is 0.248 e. The molecule has 0 saturated carbocycles. The molecule has 0 fully saturated rings. The van der Waals surface area contributed by atoms with Crippen LogP contribution in [0.25, 0.3) is 0 Å². The highest BCUT2D eigenvalue weighted by molar-refractivity contribution is 9.10. The summed E-state index contributed by atoms with van der Waals surface area (Å²) < 4.78 is 13.5. The Morgan fingerprint density at radius 3 is 2.47 bits per heavy atom. The fraction of sp³-hybridized carbons (Fsp3) is 0.0714. The molecule has 0 bridgehead atoms. The lowest BCUT2D eigenvalue weighted by Gasteiger charge is -2.07. The number of primary amides is 1. The van der Waals surface area contributed by atoms with Gasteiger partial charge in [-0.05, 0) is 51.8 Å². The lowest BCUT2D eigenvalue weighted by Crippen LogP contribution is -2.10. The molecule has 2 aromatic carbocycles. The normalized spacial score (nSPS) is 10.2. The van der Waals surface area contributed by atoms with Crippen LogP contribution in [0.3, 0.4) is 0 Å². The van der Waals surface area contributed by atoms with Crippen molar-refractivity contribution < 1.29 is 9.18 Å². The Morgan fingerprint density at radius 2 is 1.89 bits per heavy atom. The van der Waals surface area contributed by atoms with Crippen molar-refractivity contribution in [3.8, 4) is 0 Å². The molecule has 0 aliphatic heterocycles. The predicted octanol–water partition coefficient (Wildman–Crippen LogP) is 3.30. The van der Waals surface area contributed by atoms with E-state index in [9.17, 15) is 9.18 Å². The topological polar surface area (TPSA) is 55.1 Å². The number of nitrogens with one attached hydrogen (secondary N) is 1. The van der Waals surface area contributed by atoms with Gasteiger partial charge >= 0.3 is 0 Å². The highest BCUT2D eigenvalue weighted by atomic mass is 79.9. The zero-order chi connectivity index (χ0) is 13.8. The van der Waals surface area contributed by atoms with E-state index in [4.69, 9.17) is 5.73 Å². The number of rotatable bonds is 4. The van der Waals surface area contributed by atoms with Crippen molar-refractivity contribution in [3.05, 3.63) is 63.9 Å². The number of benzene rings is 2. The molecular weight excluding hydrogens is 311 g/mol. The van der Waals surface area contributed by atoms with E-state index in [1.807, 2.05) is 12.1 Å². The number of anilines is 1. The molecule has 3 nitrogen and oxygen atoms in total. The van der Waals surface area contributed by atoms with Gasteiger partial charge < -0.3 is 11.1 Å². The van der Waals surface area contributed by atoms with Crippen LogP contribution in [0.2, 0.25) is 0 Å². The van der Waals surface area contributed by atoms with Gasteiger partial charge in [-0.15, -0.1) is 0 Å². The Labute approximate surface area is 118 Å². The van der Waals surface area contributed by atoms with Crippen LogP contribution < -0.4 is 11.1 Å². The van der Waals surface area contributed by atoms with Crippen LogP contribution >= 0.6 is 15.9 Å². The van der Waals surface area contributed by atoms with Gasteiger partial charge in [-0.25, -0.2) is 4.39 Å². The lowest BCUT2D eigenvalue weighted by atomic mass is 10.1. The zero-order valence-electron chi connectivity index (χ0n) is 9.99. The predicted molar refractivity (Wildman–Crippen MR) is 76.4 cm³/mol. The van der Waals surface area contributed by atoms with Crippen molar-refractivity contribution in [2.24, 2.45) is 5.73 Å². The summed E-state index contributed by atoms with van der Waals surface area (Å²) in [4.78, 5) is 10.9. The van der Waals surface area contributed by atoms with Crippen molar-refractivity contribution in [1.82, 2.24) is 0 Å². The van der Waals surface area contributed by atoms with Crippen molar-refractivity contribution in [2.45, 2.75) is 6.54 Å². The number of hydrogen-bond acceptors (Lipinski definition) is 2. The van der Waals surface area contributed by atoms with Crippen LogP contribution in [0, 0.1) is 5.82 Å². The fourth-order valence-corrected chi connectivity index (χ4v) is 1.98. The second-order valence-corrected chi connectivity index (χ2v) is 4.90. The quantitative estimate of drug-likeness (QED) is 0.907. The number of carbonyl (C=O) groups excluding carboxylic acids is 1. The lowest BCUT2D eigenvalue weighted by molar-refractivity contribution is 0.100. The average Bonchev–Trinajstić information content (AvgIpc) is 2.40. The number of carbonyl (C=O) groups is 1. The summed E-state index contributed by atoms with van der Waals surface area (Å²) in [6.45, 7) is 0.580. The number of halogens is 2. The highest BCUT2D eigenvalue weighted by Crippen LogP contribution is 2.20. The number of nitrogens with two attached hydrogens (primary N) is 1. The van der Waals surface area contributed by atoms with E-state index in [2.05, 4.69) is 21.2 Å². The maximum atomic E-state index is 13.1. The van der Waals surface area contributed by atoms with E-state index in [1.165, 1.54) is 6.07 Å². The van der Waals surface area contributed by atoms with Gasteiger partial charge in [-0.2, -0.15) is 0 Å².